The number of nitrogens with one attached hydrogen (secondary N) is 1. The Morgan fingerprint density at radius 3 is 2.59 bits per heavy atom. The summed E-state index contributed by atoms with van der Waals surface area (Å²) in [6.07, 6.45) is 0.933. The Labute approximate surface area is 159 Å². The second-order valence-corrected chi connectivity index (χ2v) is 6.73. The van der Waals surface area contributed by atoms with Crippen LogP contribution < -0.4 is 14.8 Å². The summed E-state index contributed by atoms with van der Waals surface area (Å²) in [5.41, 5.74) is 3.51. The Morgan fingerprint density at radius 2 is 1.89 bits per heavy atom. The number of fused-ring (bicyclic) bond motifs is 1. The number of ether oxygens (including phenoxy) is 2. The quantitative estimate of drug-likeness (QED) is 0.818. The molecule has 1 aliphatic rings. The number of amides is 1. The zero-order valence-electron chi connectivity index (χ0n) is 16.0. The average Bonchev–Trinajstić information content (AvgIpc) is 2.68. The lowest BCUT2D eigenvalue weighted by Crippen LogP contribution is -2.37. The van der Waals surface area contributed by atoms with Crippen LogP contribution in [0.5, 0.6) is 17.2 Å². The van der Waals surface area contributed by atoms with Crippen molar-refractivity contribution in [1.82, 2.24) is 10.2 Å². The first kappa shape index (κ1) is 19.0. The lowest BCUT2D eigenvalue weighted by Gasteiger charge is -2.29. The van der Waals surface area contributed by atoms with Crippen LogP contribution in [-0.2, 0) is 13.0 Å². The van der Waals surface area contributed by atoms with E-state index in [1.54, 1.807) is 39.3 Å². The van der Waals surface area contributed by atoms with Gasteiger partial charge in [-0.05, 0) is 48.2 Å². The van der Waals surface area contributed by atoms with Crippen LogP contribution in [0, 0.1) is 6.92 Å². The monoisotopic (exact) mass is 370 g/mol. The first-order valence-corrected chi connectivity index (χ1v) is 9.06. The van der Waals surface area contributed by atoms with E-state index in [2.05, 4.69) is 10.2 Å². The molecule has 0 aromatic heterocycles. The van der Waals surface area contributed by atoms with Gasteiger partial charge in [0.1, 0.15) is 5.75 Å². The van der Waals surface area contributed by atoms with Crippen LogP contribution in [0.3, 0.4) is 0 Å². The molecule has 0 fully saturated rings. The van der Waals surface area contributed by atoms with E-state index in [0.717, 1.165) is 37.6 Å². The molecule has 0 aliphatic carbocycles. The van der Waals surface area contributed by atoms with Gasteiger partial charge in [-0.25, -0.2) is 0 Å². The third-order valence-electron chi connectivity index (χ3n) is 4.99. The minimum absolute atomic E-state index is 0.0444. The molecule has 0 saturated heterocycles. The highest BCUT2D eigenvalue weighted by Crippen LogP contribution is 2.33. The van der Waals surface area contributed by atoms with Gasteiger partial charge in [0.25, 0.3) is 5.91 Å². The summed E-state index contributed by atoms with van der Waals surface area (Å²) in [6, 6.07) is 9.26. The van der Waals surface area contributed by atoms with Crippen LogP contribution >= 0.6 is 0 Å². The topological polar surface area (TPSA) is 71.0 Å². The maximum absolute atomic E-state index is 12.3. The van der Waals surface area contributed by atoms with Crippen LogP contribution in [0.25, 0.3) is 0 Å². The van der Waals surface area contributed by atoms with E-state index in [-0.39, 0.29) is 11.7 Å². The fraction of sp³-hybridized carbons (Fsp3) is 0.381. The molecule has 0 unspecified atom stereocenters. The predicted molar refractivity (Wildman–Crippen MR) is 104 cm³/mol. The van der Waals surface area contributed by atoms with Gasteiger partial charge >= 0.3 is 0 Å². The number of nitrogens with zero attached hydrogens (tertiary/aromatic N) is 1. The maximum Gasteiger partial charge on any atom is 0.255 e. The van der Waals surface area contributed by atoms with Crippen LogP contribution in [0.4, 0.5) is 0 Å². The summed E-state index contributed by atoms with van der Waals surface area (Å²) in [7, 11) is 3.29. The molecular weight excluding hydrogens is 344 g/mol. The van der Waals surface area contributed by atoms with Crippen molar-refractivity contribution in [1.29, 1.82) is 0 Å². The number of carbonyl (C=O) groups is 1. The van der Waals surface area contributed by atoms with Gasteiger partial charge in [-0.1, -0.05) is 12.1 Å². The zero-order chi connectivity index (χ0) is 19.4. The van der Waals surface area contributed by atoms with Gasteiger partial charge < -0.3 is 19.9 Å². The molecule has 6 heteroatoms. The van der Waals surface area contributed by atoms with E-state index in [1.165, 1.54) is 11.1 Å². The zero-order valence-corrected chi connectivity index (χ0v) is 16.0. The molecule has 1 heterocycles. The number of hydrogen-bond donors (Lipinski definition) is 2. The smallest absolute Gasteiger partial charge is 0.255 e. The highest BCUT2D eigenvalue weighted by molar-refractivity contribution is 5.97. The fourth-order valence-electron chi connectivity index (χ4n) is 3.40. The minimum atomic E-state index is -0.250. The Bertz CT molecular complexity index is 835. The molecule has 0 atom stereocenters. The molecule has 1 aliphatic heterocycles. The first-order valence-electron chi connectivity index (χ1n) is 9.06. The van der Waals surface area contributed by atoms with Gasteiger partial charge in [0, 0.05) is 26.2 Å². The molecule has 0 saturated carbocycles. The minimum Gasteiger partial charge on any atom is -0.507 e. The van der Waals surface area contributed by atoms with Crippen molar-refractivity contribution in [3.8, 4) is 17.2 Å². The lowest BCUT2D eigenvalue weighted by molar-refractivity contribution is 0.0944. The number of aryl methyl sites for hydroxylation is 1. The predicted octanol–water partition coefficient (Wildman–Crippen LogP) is 2.51. The number of rotatable bonds is 6. The van der Waals surface area contributed by atoms with Crippen molar-refractivity contribution >= 4 is 5.91 Å². The largest absolute Gasteiger partial charge is 0.507 e. The summed E-state index contributed by atoms with van der Waals surface area (Å²) in [5.74, 6) is 1.29. The van der Waals surface area contributed by atoms with Gasteiger partial charge in [-0.3, -0.25) is 9.69 Å². The SMILES string of the molecule is COc1cc2c(cc1OC)CN(CCNC(=O)c1cccc(C)c1O)CC2. The molecule has 3 rings (SSSR count). The Hall–Kier alpha value is -2.73. The summed E-state index contributed by atoms with van der Waals surface area (Å²) in [5, 5.41) is 12.9. The van der Waals surface area contributed by atoms with Gasteiger partial charge in [-0.2, -0.15) is 0 Å². The maximum atomic E-state index is 12.3. The van der Waals surface area contributed by atoms with Crippen LogP contribution in [0.2, 0.25) is 0 Å². The van der Waals surface area contributed by atoms with Crippen LogP contribution in [0.15, 0.2) is 30.3 Å². The normalized spacial score (nSPS) is 13.7. The Balaban J connectivity index is 1.57. The summed E-state index contributed by atoms with van der Waals surface area (Å²) in [4.78, 5) is 14.6. The standard InChI is InChI=1S/C21H26N2O4/c1-14-5-4-6-17(20(14)24)21(25)22-8-10-23-9-7-15-11-18(26-2)19(27-3)12-16(15)13-23/h4-6,11-12,24H,7-10,13H2,1-3H3,(H,22,25). The number of benzene rings is 2. The number of phenols is 1. The number of methoxy groups -OCH3 is 2. The fourth-order valence-corrected chi connectivity index (χ4v) is 3.40. The molecule has 0 bridgehead atoms. The van der Waals surface area contributed by atoms with Gasteiger partial charge in [0.15, 0.2) is 11.5 Å². The third kappa shape index (κ3) is 4.17. The van der Waals surface area contributed by atoms with Crippen molar-refractivity contribution in [2.75, 3.05) is 33.9 Å². The van der Waals surface area contributed by atoms with Gasteiger partial charge in [0.2, 0.25) is 0 Å². The average molecular weight is 370 g/mol. The Kier molecular flexibility index (Phi) is 5.86. The molecule has 144 valence electrons. The molecule has 2 aromatic rings. The Morgan fingerprint density at radius 1 is 1.19 bits per heavy atom. The highest BCUT2D eigenvalue weighted by atomic mass is 16.5. The number of aromatic hydroxyl groups is 1. The van der Waals surface area contributed by atoms with E-state index < -0.39 is 0 Å². The lowest BCUT2D eigenvalue weighted by atomic mass is 9.99. The summed E-state index contributed by atoms with van der Waals surface area (Å²) in [6.45, 7) is 4.77. The number of carbonyl (C=O) groups excluding carboxylic acids is 1. The summed E-state index contributed by atoms with van der Waals surface area (Å²) < 4.78 is 10.8. The van der Waals surface area contributed by atoms with Crippen LogP contribution in [-0.4, -0.2) is 49.8 Å². The molecule has 27 heavy (non-hydrogen) atoms. The highest BCUT2D eigenvalue weighted by Gasteiger charge is 2.19. The van der Waals surface area contributed by atoms with E-state index in [4.69, 9.17) is 9.47 Å². The van der Waals surface area contributed by atoms with E-state index in [9.17, 15) is 9.90 Å². The molecule has 2 N–H and O–H groups in total. The number of hydrogen-bond acceptors (Lipinski definition) is 5. The molecule has 0 spiro atoms. The molecule has 0 radical (unpaired) electrons. The molecule has 6 nitrogen and oxygen atoms in total. The van der Waals surface area contributed by atoms with Crippen molar-refractivity contribution in [2.24, 2.45) is 0 Å². The van der Waals surface area contributed by atoms with Crippen molar-refractivity contribution in [3.05, 3.63) is 52.6 Å². The number of para-hydroxylation sites is 1. The van der Waals surface area contributed by atoms with Crippen molar-refractivity contribution in [2.45, 2.75) is 19.9 Å². The third-order valence-corrected chi connectivity index (χ3v) is 4.99. The van der Waals surface area contributed by atoms with E-state index in [1.807, 2.05) is 12.1 Å². The second-order valence-electron chi connectivity index (χ2n) is 6.73. The van der Waals surface area contributed by atoms with Crippen molar-refractivity contribution < 1.29 is 19.4 Å². The van der Waals surface area contributed by atoms with Gasteiger partial charge in [-0.15, -0.1) is 0 Å². The first-order chi connectivity index (χ1) is 13.0. The van der Waals surface area contributed by atoms with E-state index in [0.29, 0.717) is 17.7 Å². The van der Waals surface area contributed by atoms with Crippen molar-refractivity contribution in [3.63, 3.8) is 0 Å². The molecule has 1 amide bonds. The van der Waals surface area contributed by atoms with E-state index >= 15 is 0 Å². The van der Waals surface area contributed by atoms with Gasteiger partial charge in [0.05, 0.1) is 19.8 Å². The summed E-state index contributed by atoms with van der Waals surface area (Å²) >= 11 is 0. The second kappa shape index (κ2) is 8.31. The van der Waals surface area contributed by atoms with Crippen LogP contribution in [0.1, 0.15) is 27.0 Å². The molecular formula is C21H26N2O4. The molecule has 2 aromatic carbocycles. The number of phenolic OH excluding ortho intramolecular Hbond substituents is 1.